The molecule has 0 atom stereocenters. The Morgan fingerprint density at radius 1 is 0.939 bits per heavy atom. The molecule has 0 unspecified atom stereocenters. The number of amides is 2. The van der Waals surface area contributed by atoms with E-state index in [0.717, 1.165) is 17.7 Å². The van der Waals surface area contributed by atoms with Crippen molar-refractivity contribution >= 4 is 6.03 Å². The highest BCUT2D eigenvalue weighted by Crippen LogP contribution is 2.30. The summed E-state index contributed by atoms with van der Waals surface area (Å²) < 4.78 is 49.0. The van der Waals surface area contributed by atoms with Gasteiger partial charge in [-0.1, -0.05) is 30.3 Å². The number of nitrogens with zero attached hydrogens (tertiary/aromatic N) is 1. The first-order valence-corrected chi connectivity index (χ1v) is 10.4. The topological polar surface area (TPSA) is 72.5 Å². The molecule has 0 saturated heterocycles. The van der Waals surface area contributed by atoms with Crippen LogP contribution in [0.5, 0.6) is 17.4 Å². The number of hydrogen-bond acceptors (Lipinski definition) is 4. The maximum absolute atomic E-state index is 12.6. The zero-order chi connectivity index (χ0) is 23.7. The highest BCUT2D eigenvalue weighted by Gasteiger charge is 2.29. The number of halogens is 3. The van der Waals surface area contributed by atoms with E-state index in [1.807, 2.05) is 25.1 Å². The predicted octanol–water partition coefficient (Wildman–Crippen LogP) is 5.33. The fraction of sp³-hybridized carbons (Fsp3) is 0.250. The van der Waals surface area contributed by atoms with Gasteiger partial charge in [0, 0.05) is 25.4 Å². The molecular formula is C24H24F3N3O3. The van der Waals surface area contributed by atoms with E-state index in [4.69, 9.17) is 9.47 Å². The average molecular weight is 459 g/mol. The molecule has 0 fully saturated rings. The number of ether oxygens (including phenoxy) is 2. The third-order valence-electron chi connectivity index (χ3n) is 4.59. The Bertz CT molecular complexity index is 1040. The number of carbonyl (C=O) groups is 1. The van der Waals surface area contributed by atoms with Crippen LogP contribution in [0.25, 0.3) is 0 Å². The Hall–Kier alpha value is -3.75. The van der Waals surface area contributed by atoms with Crippen LogP contribution >= 0.6 is 0 Å². The van der Waals surface area contributed by atoms with Crippen LogP contribution in [-0.4, -0.2) is 24.2 Å². The van der Waals surface area contributed by atoms with E-state index in [1.165, 1.54) is 12.1 Å². The predicted molar refractivity (Wildman–Crippen MR) is 117 cm³/mol. The summed E-state index contributed by atoms with van der Waals surface area (Å²) in [6.07, 6.45) is -2.34. The zero-order valence-electron chi connectivity index (χ0n) is 18.0. The van der Waals surface area contributed by atoms with E-state index < -0.39 is 11.7 Å². The van der Waals surface area contributed by atoms with Crippen LogP contribution < -0.4 is 20.1 Å². The van der Waals surface area contributed by atoms with Crippen molar-refractivity contribution in [2.45, 2.75) is 26.1 Å². The van der Waals surface area contributed by atoms with Gasteiger partial charge in [0.05, 0.1) is 12.2 Å². The number of pyridine rings is 1. The second kappa shape index (κ2) is 11.2. The average Bonchev–Trinajstić information content (AvgIpc) is 2.80. The van der Waals surface area contributed by atoms with Crippen molar-refractivity contribution in [2.75, 3.05) is 13.2 Å². The van der Waals surface area contributed by atoms with Crippen LogP contribution in [0, 0.1) is 0 Å². The minimum atomic E-state index is -4.36. The number of urea groups is 1. The number of para-hydroxylation sites is 2. The minimum Gasteiger partial charge on any atom is -0.490 e. The summed E-state index contributed by atoms with van der Waals surface area (Å²) in [6.45, 7) is 2.96. The summed E-state index contributed by atoms with van der Waals surface area (Å²) in [5.41, 5.74) is 0.785. The zero-order valence-corrected chi connectivity index (χ0v) is 18.0. The van der Waals surface area contributed by atoms with E-state index in [9.17, 15) is 18.0 Å². The molecule has 2 aromatic carbocycles. The van der Waals surface area contributed by atoms with Crippen molar-refractivity contribution in [2.24, 2.45) is 0 Å². The van der Waals surface area contributed by atoms with E-state index in [2.05, 4.69) is 15.6 Å². The Morgan fingerprint density at radius 2 is 1.64 bits per heavy atom. The molecule has 3 aromatic rings. The summed E-state index contributed by atoms with van der Waals surface area (Å²) in [7, 11) is 0. The molecule has 6 nitrogen and oxygen atoms in total. The van der Waals surface area contributed by atoms with Gasteiger partial charge < -0.3 is 20.1 Å². The van der Waals surface area contributed by atoms with Crippen LogP contribution in [-0.2, 0) is 19.1 Å². The lowest BCUT2D eigenvalue weighted by molar-refractivity contribution is -0.137. The largest absolute Gasteiger partial charge is 0.490 e. The number of alkyl halides is 3. The first-order chi connectivity index (χ1) is 15.8. The van der Waals surface area contributed by atoms with Gasteiger partial charge in [0.1, 0.15) is 0 Å². The lowest BCUT2D eigenvalue weighted by Crippen LogP contribution is -2.36. The normalized spacial score (nSPS) is 11.0. The molecule has 2 amide bonds. The number of benzene rings is 2. The number of aromatic nitrogens is 1. The number of carbonyl (C=O) groups excluding carboxylic acids is 1. The Kier molecular flexibility index (Phi) is 8.12. The molecule has 0 saturated carbocycles. The second-order valence-corrected chi connectivity index (χ2v) is 7.04. The molecule has 3 rings (SSSR count). The first kappa shape index (κ1) is 23.9. The van der Waals surface area contributed by atoms with Gasteiger partial charge in [-0.05, 0) is 48.7 Å². The van der Waals surface area contributed by atoms with Crippen LogP contribution in [0.3, 0.4) is 0 Å². The third-order valence-corrected chi connectivity index (χ3v) is 4.59. The van der Waals surface area contributed by atoms with E-state index in [0.29, 0.717) is 42.5 Å². The molecule has 0 spiro atoms. The van der Waals surface area contributed by atoms with Gasteiger partial charge in [-0.15, -0.1) is 0 Å². The molecule has 0 bridgehead atoms. The van der Waals surface area contributed by atoms with Gasteiger partial charge in [0.2, 0.25) is 5.88 Å². The van der Waals surface area contributed by atoms with Crippen molar-refractivity contribution in [3.63, 3.8) is 0 Å². The molecule has 0 radical (unpaired) electrons. The molecular weight excluding hydrogens is 435 g/mol. The van der Waals surface area contributed by atoms with Gasteiger partial charge in [-0.25, -0.2) is 9.78 Å². The van der Waals surface area contributed by atoms with E-state index in [-0.39, 0.29) is 12.6 Å². The number of rotatable bonds is 9. The van der Waals surface area contributed by atoms with Crippen LogP contribution in [0.1, 0.15) is 23.6 Å². The highest BCUT2D eigenvalue weighted by atomic mass is 19.4. The number of hydrogen-bond donors (Lipinski definition) is 2. The second-order valence-electron chi connectivity index (χ2n) is 7.04. The monoisotopic (exact) mass is 459 g/mol. The smallest absolute Gasteiger partial charge is 0.416 e. The molecule has 0 aliphatic carbocycles. The summed E-state index contributed by atoms with van der Waals surface area (Å²) in [5.74, 6) is 1.58. The quantitative estimate of drug-likeness (QED) is 0.454. The Balaban J connectivity index is 1.41. The van der Waals surface area contributed by atoms with Crippen molar-refractivity contribution in [1.82, 2.24) is 15.6 Å². The van der Waals surface area contributed by atoms with Crippen molar-refractivity contribution in [1.29, 1.82) is 0 Å². The van der Waals surface area contributed by atoms with Crippen molar-refractivity contribution in [3.8, 4) is 17.4 Å². The lowest BCUT2D eigenvalue weighted by Gasteiger charge is -2.11. The minimum absolute atomic E-state index is 0.259. The molecule has 9 heteroatoms. The fourth-order valence-corrected chi connectivity index (χ4v) is 2.92. The van der Waals surface area contributed by atoms with Gasteiger partial charge in [-0.3, -0.25) is 0 Å². The summed E-state index contributed by atoms with van der Waals surface area (Å²) in [4.78, 5) is 16.2. The molecule has 33 heavy (non-hydrogen) atoms. The Labute approximate surface area is 189 Å². The van der Waals surface area contributed by atoms with Crippen molar-refractivity contribution in [3.05, 3.63) is 83.6 Å². The Morgan fingerprint density at radius 3 is 2.27 bits per heavy atom. The summed E-state index contributed by atoms with van der Waals surface area (Å²) in [6, 6.07) is 15.3. The molecule has 2 N–H and O–H groups in total. The third kappa shape index (κ3) is 7.41. The van der Waals surface area contributed by atoms with Gasteiger partial charge in [0.15, 0.2) is 11.5 Å². The van der Waals surface area contributed by atoms with Crippen LogP contribution in [0.2, 0.25) is 0 Å². The highest BCUT2D eigenvalue weighted by molar-refractivity contribution is 5.73. The van der Waals surface area contributed by atoms with E-state index in [1.54, 1.807) is 24.4 Å². The lowest BCUT2D eigenvalue weighted by atomic mass is 10.1. The van der Waals surface area contributed by atoms with Gasteiger partial charge in [0.25, 0.3) is 0 Å². The van der Waals surface area contributed by atoms with Crippen molar-refractivity contribution < 1.29 is 27.4 Å². The molecule has 1 heterocycles. The maximum atomic E-state index is 12.6. The summed E-state index contributed by atoms with van der Waals surface area (Å²) in [5, 5.41) is 5.39. The van der Waals surface area contributed by atoms with Gasteiger partial charge in [-0.2, -0.15) is 13.2 Å². The summed E-state index contributed by atoms with van der Waals surface area (Å²) >= 11 is 0. The molecule has 1 aromatic heterocycles. The first-order valence-electron chi connectivity index (χ1n) is 10.4. The van der Waals surface area contributed by atoms with Crippen LogP contribution in [0.15, 0.2) is 66.9 Å². The van der Waals surface area contributed by atoms with E-state index >= 15 is 0 Å². The SMILES string of the molecule is CCOc1ccccc1Oc1ccc(CNC(=O)NCCc2ccc(C(F)(F)F)cc2)cn1. The standard InChI is InChI=1S/C24H24F3N3O3/c1-2-32-20-5-3-4-6-21(20)33-22-12-9-18(15-29-22)16-30-23(31)28-14-13-17-7-10-19(11-8-17)24(25,26)27/h3-12,15H,2,13-14,16H2,1H3,(H2,28,30,31). The number of nitrogens with one attached hydrogen (secondary N) is 2. The maximum Gasteiger partial charge on any atom is 0.416 e. The fourth-order valence-electron chi connectivity index (χ4n) is 2.92. The molecule has 0 aliphatic heterocycles. The molecule has 174 valence electrons. The van der Waals surface area contributed by atoms with Gasteiger partial charge >= 0.3 is 12.2 Å². The molecule has 0 aliphatic rings. The van der Waals surface area contributed by atoms with Crippen LogP contribution in [0.4, 0.5) is 18.0 Å².